The summed E-state index contributed by atoms with van der Waals surface area (Å²) in [5, 5.41) is 4.95. The Morgan fingerprint density at radius 3 is 2.79 bits per heavy atom. The van der Waals surface area contributed by atoms with E-state index in [4.69, 9.17) is 10.5 Å². The second-order valence-corrected chi connectivity index (χ2v) is 5.73. The number of nitrogen functional groups attached to an aromatic ring is 1. The van der Waals surface area contributed by atoms with Crippen molar-refractivity contribution in [1.29, 1.82) is 0 Å². The Balaban J connectivity index is 1.52. The van der Waals surface area contributed by atoms with E-state index in [9.17, 15) is 0 Å². The van der Waals surface area contributed by atoms with E-state index in [1.807, 2.05) is 37.2 Å². The van der Waals surface area contributed by atoms with Crippen molar-refractivity contribution in [2.24, 2.45) is 7.05 Å². The van der Waals surface area contributed by atoms with Crippen molar-refractivity contribution in [3.8, 4) is 0 Å². The summed E-state index contributed by atoms with van der Waals surface area (Å²) < 4.78 is 7.40. The fourth-order valence-electron chi connectivity index (χ4n) is 2.47. The highest BCUT2D eigenvalue weighted by atomic mass is 16.5. The quantitative estimate of drug-likeness (QED) is 0.669. The van der Waals surface area contributed by atoms with Crippen LogP contribution in [0, 0.1) is 0 Å². The number of benzene rings is 1. The monoisotopic (exact) mass is 326 g/mol. The van der Waals surface area contributed by atoms with Gasteiger partial charge in [-0.15, -0.1) is 0 Å². The van der Waals surface area contributed by atoms with Gasteiger partial charge in [0, 0.05) is 27.2 Å². The van der Waals surface area contributed by atoms with Crippen molar-refractivity contribution in [1.82, 2.24) is 19.7 Å². The van der Waals surface area contributed by atoms with E-state index >= 15 is 0 Å². The average Bonchev–Trinajstić information content (AvgIpc) is 2.97. The Morgan fingerprint density at radius 2 is 2.00 bits per heavy atom. The molecule has 0 saturated heterocycles. The molecule has 2 heterocycles. The number of nitrogens with two attached hydrogens (primary N) is 1. The van der Waals surface area contributed by atoms with E-state index < -0.39 is 0 Å². The Hall–Kier alpha value is -2.67. The number of rotatable bonds is 7. The number of aromatic nitrogens is 4. The molecule has 0 radical (unpaired) electrons. The second-order valence-electron chi connectivity index (χ2n) is 5.73. The molecule has 0 aliphatic rings. The third kappa shape index (κ3) is 3.62. The van der Waals surface area contributed by atoms with E-state index in [1.165, 1.54) is 5.56 Å². The highest BCUT2D eigenvalue weighted by Gasteiger charge is 2.12. The van der Waals surface area contributed by atoms with Crippen LogP contribution in [0.3, 0.4) is 0 Å². The maximum absolute atomic E-state index is 5.99. The molecule has 0 unspecified atom stereocenters. The molecule has 0 aliphatic heterocycles. The van der Waals surface area contributed by atoms with Gasteiger partial charge in [0.1, 0.15) is 5.82 Å². The van der Waals surface area contributed by atoms with Gasteiger partial charge in [-0.3, -0.25) is 4.68 Å². The van der Waals surface area contributed by atoms with Crippen LogP contribution in [-0.4, -0.2) is 39.9 Å². The van der Waals surface area contributed by atoms with Crippen molar-refractivity contribution in [3.05, 3.63) is 42.1 Å². The standard InChI is InChI=1S/C17H22N6O/c1-22(9-6-10-24-12-13-7-4-3-5-8-13)17-20-15(18)14-11-19-23(2)16(14)21-17/h3-5,7-8,11H,6,9-10,12H2,1-2H3,(H2,18,20,21). The second kappa shape index (κ2) is 7.27. The molecule has 0 fully saturated rings. The zero-order valence-corrected chi connectivity index (χ0v) is 14.0. The van der Waals surface area contributed by atoms with Gasteiger partial charge in [-0.25, -0.2) is 0 Å². The molecule has 0 amide bonds. The molecule has 7 nitrogen and oxygen atoms in total. The van der Waals surface area contributed by atoms with Crippen LogP contribution in [0.4, 0.5) is 11.8 Å². The number of anilines is 2. The Labute approximate surface area is 141 Å². The normalized spacial score (nSPS) is 11.1. The van der Waals surface area contributed by atoms with Crippen LogP contribution in [0.2, 0.25) is 0 Å². The fourth-order valence-corrected chi connectivity index (χ4v) is 2.47. The molecule has 0 bridgehead atoms. The molecule has 1 aromatic carbocycles. The third-order valence-corrected chi connectivity index (χ3v) is 3.84. The molecule has 0 spiro atoms. The summed E-state index contributed by atoms with van der Waals surface area (Å²) in [6.45, 7) is 2.11. The van der Waals surface area contributed by atoms with Gasteiger partial charge in [-0.05, 0) is 12.0 Å². The van der Waals surface area contributed by atoms with Crippen LogP contribution in [0.5, 0.6) is 0 Å². The molecule has 2 N–H and O–H groups in total. The van der Waals surface area contributed by atoms with E-state index in [-0.39, 0.29) is 0 Å². The minimum atomic E-state index is 0.454. The summed E-state index contributed by atoms with van der Waals surface area (Å²) in [4.78, 5) is 10.9. The molecule has 0 saturated carbocycles. The molecule has 0 atom stereocenters. The lowest BCUT2D eigenvalue weighted by atomic mass is 10.2. The van der Waals surface area contributed by atoms with Crippen molar-refractivity contribution >= 4 is 22.8 Å². The predicted octanol–water partition coefficient (Wildman–Crippen LogP) is 1.99. The van der Waals surface area contributed by atoms with E-state index in [1.54, 1.807) is 10.9 Å². The summed E-state index contributed by atoms with van der Waals surface area (Å²) >= 11 is 0. The summed E-state index contributed by atoms with van der Waals surface area (Å²) in [5.41, 5.74) is 7.92. The number of aryl methyl sites for hydroxylation is 1. The number of hydrogen-bond acceptors (Lipinski definition) is 6. The number of nitrogens with zero attached hydrogens (tertiary/aromatic N) is 5. The first-order chi connectivity index (χ1) is 11.6. The maximum atomic E-state index is 5.99. The molecule has 2 aromatic heterocycles. The highest BCUT2D eigenvalue weighted by Crippen LogP contribution is 2.19. The maximum Gasteiger partial charge on any atom is 0.229 e. The SMILES string of the molecule is CN(CCCOCc1ccccc1)c1nc(N)c2cnn(C)c2n1. The fraction of sp³-hybridized carbons (Fsp3) is 0.353. The van der Waals surface area contributed by atoms with Gasteiger partial charge < -0.3 is 15.4 Å². The Kier molecular flexibility index (Phi) is 4.90. The summed E-state index contributed by atoms with van der Waals surface area (Å²) in [6, 6.07) is 10.2. The minimum Gasteiger partial charge on any atom is -0.383 e. The summed E-state index contributed by atoms with van der Waals surface area (Å²) in [5.74, 6) is 1.06. The molecule has 24 heavy (non-hydrogen) atoms. The van der Waals surface area contributed by atoms with Crippen molar-refractivity contribution in [2.45, 2.75) is 13.0 Å². The topological polar surface area (TPSA) is 82.1 Å². The first kappa shape index (κ1) is 16.2. The molecular weight excluding hydrogens is 304 g/mol. The Bertz CT molecular complexity index is 801. The largest absolute Gasteiger partial charge is 0.383 e. The molecule has 3 rings (SSSR count). The average molecular weight is 326 g/mol. The molecule has 0 aliphatic carbocycles. The van der Waals surface area contributed by atoms with Crippen LogP contribution in [0.15, 0.2) is 36.5 Å². The highest BCUT2D eigenvalue weighted by molar-refractivity contribution is 5.86. The summed E-state index contributed by atoms with van der Waals surface area (Å²) in [7, 11) is 3.80. The molecular formula is C17H22N6O. The van der Waals surface area contributed by atoms with Crippen LogP contribution in [0.25, 0.3) is 11.0 Å². The lowest BCUT2D eigenvalue weighted by molar-refractivity contribution is 0.119. The van der Waals surface area contributed by atoms with Crippen LogP contribution >= 0.6 is 0 Å². The van der Waals surface area contributed by atoms with Gasteiger partial charge in [0.15, 0.2) is 5.65 Å². The molecule has 7 heteroatoms. The van der Waals surface area contributed by atoms with Gasteiger partial charge in [0.05, 0.1) is 18.2 Å². The Morgan fingerprint density at radius 1 is 1.21 bits per heavy atom. The lowest BCUT2D eigenvalue weighted by Crippen LogP contribution is -2.22. The predicted molar refractivity (Wildman–Crippen MR) is 94.7 cm³/mol. The van der Waals surface area contributed by atoms with Gasteiger partial charge in [-0.1, -0.05) is 30.3 Å². The zero-order chi connectivity index (χ0) is 16.9. The number of hydrogen-bond donors (Lipinski definition) is 1. The smallest absolute Gasteiger partial charge is 0.229 e. The van der Waals surface area contributed by atoms with Crippen LogP contribution in [0.1, 0.15) is 12.0 Å². The van der Waals surface area contributed by atoms with Crippen molar-refractivity contribution in [2.75, 3.05) is 30.8 Å². The van der Waals surface area contributed by atoms with Crippen molar-refractivity contribution < 1.29 is 4.74 Å². The first-order valence-corrected chi connectivity index (χ1v) is 7.93. The van der Waals surface area contributed by atoms with E-state index in [0.29, 0.717) is 25.0 Å². The van der Waals surface area contributed by atoms with Crippen molar-refractivity contribution in [3.63, 3.8) is 0 Å². The van der Waals surface area contributed by atoms with Gasteiger partial charge >= 0.3 is 0 Å². The molecule has 126 valence electrons. The number of fused-ring (bicyclic) bond motifs is 1. The summed E-state index contributed by atoms with van der Waals surface area (Å²) in [6.07, 6.45) is 2.57. The first-order valence-electron chi connectivity index (χ1n) is 7.93. The van der Waals surface area contributed by atoms with E-state index in [2.05, 4.69) is 27.2 Å². The lowest BCUT2D eigenvalue weighted by Gasteiger charge is -2.17. The third-order valence-electron chi connectivity index (χ3n) is 3.84. The molecule has 3 aromatic rings. The van der Waals surface area contributed by atoms with E-state index in [0.717, 1.165) is 24.0 Å². The van der Waals surface area contributed by atoms with Crippen LogP contribution < -0.4 is 10.6 Å². The van der Waals surface area contributed by atoms with Gasteiger partial charge in [-0.2, -0.15) is 15.1 Å². The zero-order valence-electron chi connectivity index (χ0n) is 14.0. The number of ether oxygens (including phenoxy) is 1. The minimum absolute atomic E-state index is 0.454. The van der Waals surface area contributed by atoms with Crippen LogP contribution in [-0.2, 0) is 18.4 Å². The van der Waals surface area contributed by atoms with Gasteiger partial charge in [0.2, 0.25) is 5.95 Å². The van der Waals surface area contributed by atoms with Gasteiger partial charge in [0.25, 0.3) is 0 Å².